The van der Waals surface area contributed by atoms with E-state index in [2.05, 4.69) is 26.0 Å². The minimum Gasteiger partial charge on any atom is -0.488 e. The Bertz CT molecular complexity index is 1580. The summed E-state index contributed by atoms with van der Waals surface area (Å²) < 4.78 is 8.40. The van der Waals surface area contributed by atoms with E-state index in [9.17, 15) is 4.79 Å². The van der Waals surface area contributed by atoms with Crippen molar-refractivity contribution in [1.29, 1.82) is 0 Å². The second-order valence-electron chi connectivity index (χ2n) is 7.88. The van der Waals surface area contributed by atoms with Crippen LogP contribution >= 0.6 is 15.9 Å². The SMILES string of the molecule is CCc1nc2ccc(Br)cc2c(=O)n1N=Cc1c(OCc2ccccc2)ccc2ccccc12. The summed E-state index contributed by atoms with van der Waals surface area (Å²) in [6.07, 6.45) is 2.28. The van der Waals surface area contributed by atoms with Crippen molar-refractivity contribution in [3.05, 3.63) is 117 Å². The standard InChI is InChI=1S/C28H22BrN3O2/c1-2-27-31-25-14-13-21(29)16-23(25)28(33)32(27)30-17-24-22-11-7-6-10-20(22)12-15-26(24)34-18-19-8-4-3-5-9-19/h3-17H,2,18H2,1H3. The lowest BCUT2D eigenvalue weighted by Crippen LogP contribution is -2.22. The van der Waals surface area contributed by atoms with Crippen LogP contribution in [0.25, 0.3) is 21.7 Å². The monoisotopic (exact) mass is 511 g/mol. The lowest BCUT2D eigenvalue weighted by atomic mass is 10.0. The van der Waals surface area contributed by atoms with Crippen molar-refractivity contribution in [3.63, 3.8) is 0 Å². The summed E-state index contributed by atoms with van der Waals surface area (Å²) in [4.78, 5) is 18.0. The Hall–Kier alpha value is -3.77. The third-order valence-electron chi connectivity index (χ3n) is 5.66. The number of benzene rings is 4. The number of nitrogens with zero attached hydrogens (tertiary/aromatic N) is 3. The molecule has 168 valence electrons. The first-order chi connectivity index (χ1) is 16.6. The van der Waals surface area contributed by atoms with Crippen LogP contribution in [0.15, 0.2) is 99.3 Å². The van der Waals surface area contributed by atoms with Gasteiger partial charge in [0.1, 0.15) is 18.2 Å². The van der Waals surface area contributed by atoms with Crippen molar-refractivity contribution < 1.29 is 4.74 Å². The molecule has 0 aliphatic rings. The molecule has 5 rings (SSSR count). The van der Waals surface area contributed by atoms with Gasteiger partial charge in [0, 0.05) is 16.5 Å². The molecular formula is C28H22BrN3O2. The first kappa shape index (κ1) is 22.0. The Labute approximate surface area is 205 Å². The molecule has 0 radical (unpaired) electrons. The van der Waals surface area contributed by atoms with E-state index in [1.165, 1.54) is 4.68 Å². The minimum atomic E-state index is -0.202. The molecule has 0 amide bonds. The maximum Gasteiger partial charge on any atom is 0.282 e. The summed E-state index contributed by atoms with van der Waals surface area (Å²) in [5.74, 6) is 1.30. The van der Waals surface area contributed by atoms with Gasteiger partial charge in [-0.1, -0.05) is 83.5 Å². The fourth-order valence-corrected chi connectivity index (χ4v) is 4.29. The largest absolute Gasteiger partial charge is 0.488 e. The highest BCUT2D eigenvalue weighted by Crippen LogP contribution is 2.27. The van der Waals surface area contributed by atoms with Gasteiger partial charge >= 0.3 is 0 Å². The van der Waals surface area contributed by atoms with Crippen LogP contribution in [-0.4, -0.2) is 15.9 Å². The molecule has 0 fully saturated rings. The van der Waals surface area contributed by atoms with Gasteiger partial charge in [0.05, 0.1) is 17.1 Å². The lowest BCUT2D eigenvalue weighted by molar-refractivity contribution is 0.306. The van der Waals surface area contributed by atoms with Gasteiger partial charge in [-0.25, -0.2) is 4.98 Å². The molecule has 0 aliphatic heterocycles. The van der Waals surface area contributed by atoms with Gasteiger partial charge in [-0.3, -0.25) is 4.79 Å². The Morgan fingerprint density at radius 2 is 1.76 bits per heavy atom. The Morgan fingerprint density at radius 3 is 2.59 bits per heavy atom. The van der Waals surface area contributed by atoms with Crippen LogP contribution in [0, 0.1) is 0 Å². The van der Waals surface area contributed by atoms with Gasteiger partial charge in [-0.2, -0.15) is 9.78 Å². The molecule has 5 aromatic rings. The number of hydrogen-bond acceptors (Lipinski definition) is 4. The molecule has 0 atom stereocenters. The number of hydrogen-bond donors (Lipinski definition) is 0. The second-order valence-corrected chi connectivity index (χ2v) is 8.79. The van der Waals surface area contributed by atoms with E-state index >= 15 is 0 Å². The van der Waals surface area contributed by atoms with Crippen LogP contribution in [0.2, 0.25) is 0 Å². The maximum atomic E-state index is 13.3. The number of rotatable bonds is 6. The average Bonchev–Trinajstić information content (AvgIpc) is 2.88. The van der Waals surface area contributed by atoms with Crippen molar-refractivity contribution >= 4 is 43.8 Å². The fraction of sp³-hybridized carbons (Fsp3) is 0.107. The van der Waals surface area contributed by atoms with E-state index in [0.717, 1.165) is 26.4 Å². The third kappa shape index (κ3) is 4.37. The fourth-order valence-electron chi connectivity index (χ4n) is 3.93. The zero-order chi connectivity index (χ0) is 23.5. The van der Waals surface area contributed by atoms with E-state index in [1.54, 1.807) is 12.3 Å². The molecule has 0 aliphatic carbocycles. The van der Waals surface area contributed by atoms with Crippen molar-refractivity contribution in [2.24, 2.45) is 5.10 Å². The quantitative estimate of drug-likeness (QED) is 0.250. The molecule has 0 N–H and O–H groups in total. The van der Waals surface area contributed by atoms with Gasteiger partial charge in [0.15, 0.2) is 0 Å². The Balaban J connectivity index is 1.62. The van der Waals surface area contributed by atoms with Gasteiger partial charge in [0.25, 0.3) is 5.56 Å². The van der Waals surface area contributed by atoms with Crippen LogP contribution < -0.4 is 10.3 Å². The van der Waals surface area contributed by atoms with E-state index < -0.39 is 0 Å². The summed E-state index contributed by atoms with van der Waals surface area (Å²) in [6.45, 7) is 2.40. The topological polar surface area (TPSA) is 56.5 Å². The van der Waals surface area contributed by atoms with Crippen molar-refractivity contribution in [1.82, 2.24) is 9.66 Å². The Morgan fingerprint density at radius 1 is 0.971 bits per heavy atom. The number of ether oxygens (including phenoxy) is 1. The normalized spacial score (nSPS) is 11.5. The van der Waals surface area contributed by atoms with E-state index in [4.69, 9.17) is 4.74 Å². The van der Waals surface area contributed by atoms with Crippen LogP contribution in [0.3, 0.4) is 0 Å². The molecule has 5 nitrogen and oxygen atoms in total. The lowest BCUT2D eigenvalue weighted by Gasteiger charge is -2.12. The summed E-state index contributed by atoms with van der Waals surface area (Å²) in [7, 11) is 0. The predicted molar refractivity (Wildman–Crippen MR) is 141 cm³/mol. The van der Waals surface area contributed by atoms with Gasteiger partial charge in [-0.15, -0.1) is 0 Å². The number of aryl methyl sites for hydroxylation is 1. The van der Waals surface area contributed by atoms with Gasteiger partial charge < -0.3 is 4.74 Å². The first-order valence-corrected chi connectivity index (χ1v) is 11.9. The third-order valence-corrected chi connectivity index (χ3v) is 6.16. The molecule has 6 heteroatoms. The van der Waals surface area contributed by atoms with Crippen molar-refractivity contribution in [2.75, 3.05) is 0 Å². The molecule has 1 aromatic heterocycles. The zero-order valence-electron chi connectivity index (χ0n) is 18.6. The molecule has 0 saturated heterocycles. The van der Waals surface area contributed by atoms with E-state index in [0.29, 0.717) is 35.5 Å². The first-order valence-electron chi connectivity index (χ1n) is 11.1. The van der Waals surface area contributed by atoms with Crippen LogP contribution in [-0.2, 0) is 13.0 Å². The number of halogens is 1. The Kier molecular flexibility index (Phi) is 6.23. The second kappa shape index (κ2) is 9.61. The van der Waals surface area contributed by atoms with E-state index in [-0.39, 0.29) is 5.56 Å². The average molecular weight is 512 g/mol. The minimum absolute atomic E-state index is 0.202. The van der Waals surface area contributed by atoms with Crippen LogP contribution in [0.1, 0.15) is 23.9 Å². The summed E-state index contributed by atoms with van der Waals surface area (Å²) >= 11 is 3.44. The highest BCUT2D eigenvalue weighted by molar-refractivity contribution is 9.10. The van der Waals surface area contributed by atoms with Crippen LogP contribution in [0.4, 0.5) is 0 Å². The van der Waals surface area contributed by atoms with Crippen molar-refractivity contribution in [2.45, 2.75) is 20.0 Å². The predicted octanol–water partition coefficient (Wildman–Crippen LogP) is 6.34. The summed E-state index contributed by atoms with van der Waals surface area (Å²) in [5.41, 5.74) is 2.35. The molecule has 4 aromatic carbocycles. The highest BCUT2D eigenvalue weighted by atomic mass is 79.9. The van der Waals surface area contributed by atoms with Gasteiger partial charge in [-0.05, 0) is 40.6 Å². The molecule has 34 heavy (non-hydrogen) atoms. The highest BCUT2D eigenvalue weighted by Gasteiger charge is 2.12. The number of aromatic nitrogens is 2. The summed E-state index contributed by atoms with van der Waals surface area (Å²) in [6, 6.07) is 27.6. The van der Waals surface area contributed by atoms with Crippen LogP contribution in [0.5, 0.6) is 5.75 Å². The van der Waals surface area contributed by atoms with Crippen molar-refractivity contribution in [3.8, 4) is 5.75 Å². The number of fused-ring (bicyclic) bond motifs is 2. The van der Waals surface area contributed by atoms with E-state index in [1.807, 2.05) is 85.8 Å². The zero-order valence-corrected chi connectivity index (χ0v) is 20.2. The maximum absolute atomic E-state index is 13.3. The molecule has 0 unspecified atom stereocenters. The molecule has 0 spiro atoms. The molecule has 0 saturated carbocycles. The molecule has 0 bridgehead atoms. The summed E-state index contributed by atoms with van der Waals surface area (Å²) in [5, 5.41) is 7.20. The molecular weight excluding hydrogens is 490 g/mol. The molecule has 1 heterocycles. The van der Waals surface area contributed by atoms with Gasteiger partial charge in [0.2, 0.25) is 0 Å². The smallest absolute Gasteiger partial charge is 0.282 e.